The number of carbonyl (C=O) groups excluding carboxylic acids is 1. The SMILES string of the molecule is NC(C(=O)NCCCn1cnc2ccccc21)C1CCOCC1. The third-order valence-corrected chi connectivity index (χ3v) is 4.48. The third-order valence-electron chi connectivity index (χ3n) is 4.48. The van der Waals surface area contributed by atoms with Crippen LogP contribution in [0.5, 0.6) is 0 Å². The van der Waals surface area contributed by atoms with Crippen LogP contribution in [0.15, 0.2) is 30.6 Å². The van der Waals surface area contributed by atoms with Gasteiger partial charge in [-0.2, -0.15) is 0 Å². The van der Waals surface area contributed by atoms with Gasteiger partial charge in [0, 0.05) is 26.3 Å². The van der Waals surface area contributed by atoms with Crippen molar-refractivity contribution in [2.24, 2.45) is 11.7 Å². The molecule has 1 saturated heterocycles. The van der Waals surface area contributed by atoms with E-state index >= 15 is 0 Å². The number of aryl methyl sites for hydroxylation is 1. The lowest BCUT2D eigenvalue weighted by Crippen LogP contribution is -2.47. The topological polar surface area (TPSA) is 82.2 Å². The molecule has 1 atom stereocenters. The average Bonchev–Trinajstić information content (AvgIpc) is 3.02. The lowest BCUT2D eigenvalue weighted by molar-refractivity contribution is -0.124. The molecule has 3 rings (SSSR count). The Morgan fingerprint density at radius 3 is 3.00 bits per heavy atom. The Morgan fingerprint density at radius 1 is 1.39 bits per heavy atom. The Hall–Kier alpha value is -1.92. The lowest BCUT2D eigenvalue weighted by atomic mass is 9.92. The first-order chi connectivity index (χ1) is 11.3. The van der Waals surface area contributed by atoms with Crippen LogP contribution < -0.4 is 11.1 Å². The lowest BCUT2D eigenvalue weighted by Gasteiger charge is -2.26. The fourth-order valence-electron chi connectivity index (χ4n) is 3.06. The highest BCUT2D eigenvalue weighted by Gasteiger charge is 2.26. The van der Waals surface area contributed by atoms with Crippen LogP contribution in [-0.4, -0.2) is 41.3 Å². The summed E-state index contributed by atoms with van der Waals surface area (Å²) in [5, 5.41) is 2.95. The summed E-state index contributed by atoms with van der Waals surface area (Å²) in [6.45, 7) is 2.87. The Labute approximate surface area is 136 Å². The fraction of sp³-hybridized carbons (Fsp3) is 0.529. The van der Waals surface area contributed by atoms with Gasteiger partial charge in [-0.3, -0.25) is 4.79 Å². The van der Waals surface area contributed by atoms with E-state index in [-0.39, 0.29) is 11.8 Å². The number of benzene rings is 1. The van der Waals surface area contributed by atoms with Gasteiger partial charge in [-0.15, -0.1) is 0 Å². The normalized spacial score (nSPS) is 17.3. The second kappa shape index (κ2) is 7.57. The predicted octanol–water partition coefficient (Wildman–Crippen LogP) is 1.30. The number of nitrogens with one attached hydrogen (secondary N) is 1. The van der Waals surface area contributed by atoms with Crippen molar-refractivity contribution in [2.45, 2.75) is 31.8 Å². The summed E-state index contributed by atoms with van der Waals surface area (Å²) in [4.78, 5) is 16.5. The number of fused-ring (bicyclic) bond motifs is 1. The Bertz CT molecular complexity index is 649. The van der Waals surface area contributed by atoms with Crippen molar-refractivity contribution in [3.63, 3.8) is 0 Å². The molecule has 6 heteroatoms. The number of nitrogens with two attached hydrogens (primary N) is 1. The molecule has 0 aliphatic carbocycles. The average molecular weight is 316 g/mol. The molecular formula is C17H24N4O2. The Kier molecular flexibility index (Phi) is 5.25. The number of hydrogen-bond acceptors (Lipinski definition) is 4. The van der Waals surface area contributed by atoms with Gasteiger partial charge >= 0.3 is 0 Å². The van der Waals surface area contributed by atoms with E-state index in [4.69, 9.17) is 10.5 Å². The largest absolute Gasteiger partial charge is 0.381 e. The molecular weight excluding hydrogens is 292 g/mol. The summed E-state index contributed by atoms with van der Waals surface area (Å²) in [5.41, 5.74) is 8.18. The van der Waals surface area contributed by atoms with Crippen LogP contribution in [0.2, 0.25) is 0 Å². The molecule has 1 amide bonds. The maximum atomic E-state index is 12.1. The maximum absolute atomic E-state index is 12.1. The highest BCUT2D eigenvalue weighted by atomic mass is 16.5. The quantitative estimate of drug-likeness (QED) is 0.787. The van der Waals surface area contributed by atoms with Crippen molar-refractivity contribution in [2.75, 3.05) is 19.8 Å². The molecule has 1 unspecified atom stereocenters. The molecule has 1 aromatic heterocycles. The number of aromatic nitrogens is 2. The molecule has 6 nitrogen and oxygen atoms in total. The highest BCUT2D eigenvalue weighted by Crippen LogP contribution is 2.17. The number of amides is 1. The Balaban J connectivity index is 1.43. The number of rotatable bonds is 6. The smallest absolute Gasteiger partial charge is 0.237 e. The van der Waals surface area contributed by atoms with E-state index in [2.05, 4.69) is 20.9 Å². The van der Waals surface area contributed by atoms with Crippen molar-refractivity contribution in [3.8, 4) is 0 Å². The second-order valence-corrected chi connectivity index (χ2v) is 6.05. The van der Waals surface area contributed by atoms with E-state index in [1.54, 1.807) is 0 Å². The molecule has 0 radical (unpaired) electrons. The van der Waals surface area contributed by atoms with Crippen molar-refractivity contribution in [3.05, 3.63) is 30.6 Å². The summed E-state index contributed by atoms with van der Waals surface area (Å²) < 4.78 is 7.42. The standard InChI is InChI=1S/C17H24N4O2/c18-16(13-6-10-23-11-7-13)17(22)19-8-3-9-21-12-20-14-4-1-2-5-15(14)21/h1-2,4-5,12-13,16H,3,6-11,18H2,(H,19,22). The summed E-state index contributed by atoms with van der Waals surface area (Å²) >= 11 is 0. The third kappa shape index (κ3) is 3.89. The van der Waals surface area contributed by atoms with E-state index in [9.17, 15) is 4.79 Å². The molecule has 2 aromatic rings. The van der Waals surface area contributed by atoms with E-state index in [0.29, 0.717) is 19.8 Å². The van der Waals surface area contributed by atoms with Crippen LogP contribution in [0.25, 0.3) is 11.0 Å². The summed E-state index contributed by atoms with van der Waals surface area (Å²) in [6, 6.07) is 7.63. The van der Waals surface area contributed by atoms with Crippen LogP contribution in [-0.2, 0) is 16.1 Å². The van der Waals surface area contributed by atoms with Gasteiger partial charge in [0.15, 0.2) is 0 Å². The van der Waals surface area contributed by atoms with Crippen molar-refractivity contribution >= 4 is 16.9 Å². The number of ether oxygens (including phenoxy) is 1. The van der Waals surface area contributed by atoms with Crippen LogP contribution in [0, 0.1) is 5.92 Å². The van der Waals surface area contributed by atoms with Crippen LogP contribution in [0.4, 0.5) is 0 Å². The highest BCUT2D eigenvalue weighted by molar-refractivity contribution is 5.81. The van der Waals surface area contributed by atoms with Gasteiger partial charge in [0.1, 0.15) is 0 Å². The van der Waals surface area contributed by atoms with Gasteiger partial charge < -0.3 is 20.4 Å². The summed E-state index contributed by atoms with van der Waals surface area (Å²) in [5.74, 6) is 0.189. The molecule has 0 bridgehead atoms. The van der Waals surface area contributed by atoms with Crippen molar-refractivity contribution < 1.29 is 9.53 Å². The van der Waals surface area contributed by atoms with Gasteiger partial charge in [0.05, 0.1) is 23.4 Å². The number of imidazole rings is 1. The van der Waals surface area contributed by atoms with Gasteiger partial charge in [-0.1, -0.05) is 12.1 Å². The monoisotopic (exact) mass is 316 g/mol. The van der Waals surface area contributed by atoms with Gasteiger partial charge in [0.2, 0.25) is 5.91 Å². The first-order valence-electron chi connectivity index (χ1n) is 8.26. The minimum Gasteiger partial charge on any atom is -0.381 e. The zero-order valence-corrected chi connectivity index (χ0v) is 13.3. The molecule has 1 aromatic carbocycles. The molecule has 1 fully saturated rings. The molecule has 3 N–H and O–H groups in total. The molecule has 1 aliphatic heterocycles. The zero-order valence-electron chi connectivity index (χ0n) is 13.3. The molecule has 124 valence electrons. The second-order valence-electron chi connectivity index (χ2n) is 6.05. The number of para-hydroxylation sites is 2. The van der Waals surface area contributed by atoms with Gasteiger partial charge in [0.25, 0.3) is 0 Å². The van der Waals surface area contributed by atoms with E-state index < -0.39 is 6.04 Å². The first-order valence-corrected chi connectivity index (χ1v) is 8.26. The molecule has 0 spiro atoms. The fourth-order valence-corrected chi connectivity index (χ4v) is 3.06. The first kappa shape index (κ1) is 16.0. The zero-order chi connectivity index (χ0) is 16.1. The molecule has 23 heavy (non-hydrogen) atoms. The molecule has 1 aliphatic rings. The van der Waals surface area contributed by atoms with Crippen molar-refractivity contribution in [1.82, 2.24) is 14.9 Å². The minimum absolute atomic E-state index is 0.0487. The molecule has 2 heterocycles. The van der Waals surface area contributed by atoms with E-state index in [1.807, 2.05) is 24.5 Å². The predicted molar refractivity (Wildman–Crippen MR) is 88.9 cm³/mol. The van der Waals surface area contributed by atoms with E-state index in [0.717, 1.165) is 36.8 Å². The Morgan fingerprint density at radius 2 is 2.17 bits per heavy atom. The number of hydrogen-bond donors (Lipinski definition) is 2. The van der Waals surface area contributed by atoms with Crippen LogP contribution in [0.3, 0.4) is 0 Å². The van der Waals surface area contributed by atoms with Crippen molar-refractivity contribution in [1.29, 1.82) is 0 Å². The number of nitrogens with zero attached hydrogens (tertiary/aromatic N) is 2. The van der Waals surface area contributed by atoms with Crippen LogP contribution in [0.1, 0.15) is 19.3 Å². The molecule has 0 saturated carbocycles. The maximum Gasteiger partial charge on any atom is 0.237 e. The minimum atomic E-state index is -0.423. The summed E-state index contributed by atoms with van der Waals surface area (Å²) in [7, 11) is 0. The summed E-state index contributed by atoms with van der Waals surface area (Å²) in [6.07, 6.45) is 4.44. The van der Waals surface area contributed by atoms with Gasteiger partial charge in [-0.05, 0) is 37.3 Å². The van der Waals surface area contributed by atoms with E-state index in [1.165, 1.54) is 0 Å². The van der Waals surface area contributed by atoms with Crippen LogP contribution >= 0.6 is 0 Å². The number of carbonyl (C=O) groups is 1. The van der Waals surface area contributed by atoms with Gasteiger partial charge in [-0.25, -0.2) is 4.98 Å².